The summed E-state index contributed by atoms with van der Waals surface area (Å²) in [6, 6.07) is 64.6. The summed E-state index contributed by atoms with van der Waals surface area (Å²) in [4.78, 5) is 0. The van der Waals surface area contributed by atoms with Gasteiger partial charge < -0.3 is 8.39 Å². The fourth-order valence-electron chi connectivity index (χ4n) is 7.66. The van der Waals surface area contributed by atoms with Gasteiger partial charge in [-0.3, -0.25) is 0 Å². The van der Waals surface area contributed by atoms with E-state index in [4.69, 9.17) is 8.39 Å². The predicted molar refractivity (Wildman–Crippen MR) is 220 cm³/mol. The molecular weight excluding hydrogens is 654 g/mol. The van der Waals surface area contributed by atoms with E-state index in [2.05, 4.69) is 201 Å². The van der Waals surface area contributed by atoms with E-state index in [0.717, 1.165) is 65.7 Å². The van der Waals surface area contributed by atoms with Crippen LogP contribution in [0, 0.1) is 0 Å². The molecule has 0 saturated heterocycles. The number of nitrogens with zero attached hydrogens (tertiary/aromatic N) is 1. The van der Waals surface area contributed by atoms with E-state index >= 15 is 0 Å². The molecule has 0 amide bonds. The highest BCUT2D eigenvalue weighted by molar-refractivity contribution is 7.39. The molecule has 0 aliphatic rings. The van der Waals surface area contributed by atoms with Crippen LogP contribution in [0.4, 0.5) is 0 Å². The summed E-state index contributed by atoms with van der Waals surface area (Å²) in [7, 11) is -1.75. The summed E-state index contributed by atoms with van der Waals surface area (Å²) in [6.45, 7) is 4.54. The molecular formula is C48H38NO2P. The van der Waals surface area contributed by atoms with E-state index in [-0.39, 0.29) is 12.1 Å². The van der Waals surface area contributed by atoms with Crippen LogP contribution >= 0.6 is 8.16 Å². The van der Waals surface area contributed by atoms with Crippen LogP contribution < -0.4 is 4.67 Å². The lowest BCUT2D eigenvalue weighted by Crippen LogP contribution is -2.27. The Morgan fingerprint density at radius 2 is 0.769 bits per heavy atom. The van der Waals surface area contributed by atoms with Crippen LogP contribution in [0.2, 0.25) is 0 Å². The lowest BCUT2D eigenvalue weighted by Gasteiger charge is -2.32. The third kappa shape index (κ3) is 5.69. The van der Waals surface area contributed by atoms with Crippen LogP contribution in [0.25, 0.3) is 65.7 Å². The molecule has 0 N–H and O–H groups in total. The third-order valence-electron chi connectivity index (χ3n) is 10.3. The molecule has 0 spiro atoms. The molecule has 0 unspecified atom stereocenters. The first kappa shape index (κ1) is 32.1. The van der Waals surface area contributed by atoms with E-state index in [1.807, 2.05) is 0 Å². The molecule has 3 nitrogen and oxygen atoms in total. The Hall–Kier alpha value is -5.86. The first-order valence-corrected chi connectivity index (χ1v) is 19.1. The molecule has 0 aliphatic carbocycles. The SMILES string of the molecule is C[C@H](c1ccccc1)N([C@H](C)c1ccccc1)p1oc2c(-c3ccccc3)cc3ccccc3c2c2c(o1)c(-c1ccccc1)cc1ccccc12. The zero-order valence-electron chi connectivity index (χ0n) is 29.2. The molecule has 9 aromatic rings. The number of rotatable bonds is 7. The van der Waals surface area contributed by atoms with Gasteiger partial charge in [-0.15, -0.1) is 0 Å². The summed E-state index contributed by atoms with van der Waals surface area (Å²) in [5.74, 6) is 0. The van der Waals surface area contributed by atoms with Crippen molar-refractivity contribution in [1.82, 2.24) is 0 Å². The van der Waals surface area contributed by atoms with Crippen molar-refractivity contribution >= 4 is 51.6 Å². The lowest BCUT2D eigenvalue weighted by atomic mass is 9.91. The number of hydrogen-bond acceptors (Lipinski definition) is 3. The molecule has 0 saturated carbocycles. The maximum Gasteiger partial charge on any atom is 0.310 e. The van der Waals surface area contributed by atoms with Crippen molar-refractivity contribution in [1.29, 1.82) is 0 Å². The summed E-state index contributed by atoms with van der Waals surface area (Å²) >= 11 is 0. The first-order chi connectivity index (χ1) is 25.7. The number of fused-ring (bicyclic) bond motifs is 7. The maximum atomic E-state index is 7.59. The minimum atomic E-state index is -1.75. The molecule has 0 bridgehead atoms. The van der Waals surface area contributed by atoms with Crippen LogP contribution in [0.5, 0.6) is 0 Å². The van der Waals surface area contributed by atoms with Crippen molar-refractivity contribution in [3.8, 4) is 22.3 Å². The van der Waals surface area contributed by atoms with Gasteiger partial charge in [-0.1, -0.05) is 170 Å². The smallest absolute Gasteiger partial charge is 0.310 e. The van der Waals surface area contributed by atoms with Gasteiger partial charge in [0.1, 0.15) is 0 Å². The summed E-state index contributed by atoms with van der Waals surface area (Å²) in [5, 5.41) is 6.70. The van der Waals surface area contributed by atoms with Crippen molar-refractivity contribution in [3.05, 3.63) is 193 Å². The highest BCUT2D eigenvalue weighted by atomic mass is 31.1. The molecule has 9 rings (SSSR count). The zero-order valence-corrected chi connectivity index (χ0v) is 30.1. The van der Waals surface area contributed by atoms with E-state index in [0.29, 0.717) is 0 Å². The van der Waals surface area contributed by atoms with Crippen LogP contribution in [0.15, 0.2) is 190 Å². The number of benzene rings is 8. The van der Waals surface area contributed by atoms with E-state index in [9.17, 15) is 0 Å². The van der Waals surface area contributed by atoms with Gasteiger partial charge in [0.05, 0.1) is 0 Å². The average Bonchev–Trinajstić information content (AvgIpc) is 3.39. The molecule has 52 heavy (non-hydrogen) atoms. The predicted octanol–water partition coefficient (Wildman–Crippen LogP) is 14.4. The summed E-state index contributed by atoms with van der Waals surface area (Å²) in [5.41, 5.74) is 8.39. The summed E-state index contributed by atoms with van der Waals surface area (Å²) in [6.07, 6.45) is 0. The Kier molecular flexibility index (Phi) is 8.45. The minimum absolute atomic E-state index is 0.0335. The second-order valence-electron chi connectivity index (χ2n) is 13.4. The average molecular weight is 692 g/mol. The second kappa shape index (κ2) is 13.7. The molecule has 8 aromatic carbocycles. The van der Waals surface area contributed by atoms with Crippen LogP contribution in [0.3, 0.4) is 0 Å². The van der Waals surface area contributed by atoms with Gasteiger partial charge in [-0.25, -0.2) is 0 Å². The van der Waals surface area contributed by atoms with Crippen molar-refractivity contribution in [2.45, 2.75) is 25.9 Å². The van der Waals surface area contributed by atoms with Crippen LogP contribution in [0.1, 0.15) is 37.1 Å². The minimum Gasteiger partial charge on any atom is -0.407 e. The van der Waals surface area contributed by atoms with E-state index < -0.39 is 8.16 Å². The van der Waals surface area contributed by atoms with Crippen molar-refractivity contribution in [2.24, 2.45) is 0 Å². The standard InChI is InChI=1S/C48H38NO2P/c1-33(35-19-7-3-8-20-35)49(34(2)36-21-9-4-10-22-36)52-50-47-43(37-23-11-5-12-24-37)31-39-27-15-17-29-41(39)45(47)46-42-30-18-16-28-40(42)32-44(48(46)51-52)38-25-13-6-14-26-38/h3-34H,1-2H3/t33-,34-/m1/s1. The third-order valence-corrected chi connectivity index (χ3v) is 12.1. The molecule has 0 radical (unpaired) electrons. The van der Waals surface area contributed by atoms with Gasteiger partial charge in [0.2, 0.25) is 0 Å². The first-order valence-electron chi connectivity index (χ1n) is 17.9. The topological polar surface area (TPSA) is 29.5 Å². The van der Waals surface area contributed by atoms with Gasteiger partial charge in [0.25, 0.3) is 0 Å². The fourth-order valence-corrected chi connectivity index (χ4v) is 9.41. The Balaban J connectivity index is 1.52. The lowest BCUT2D eigenvalue weighted by molar-refractivity contribution is 0.559. The normalized spacial score (nSPS) is 12.8. The Morgan fingerprint density at radius 3 is 1.17 bits per heavy atom. The van der Waals surface area contributed by atoms with Gasteiger partial charge in [-0.05, 0) is 69.8 Å². The van der Waals surface area contributed by atoms with Crippen LogP contribution in [-0.2, 0) is 0 Å². The fraction of sp³-hybridized carbons (Fsp3) is 0.0833. The van der Waals surface area contributed by atoms with Crippen molar-refractivity contribution in [3.63, 3.8) is 0 Å². The van der Waals surface area contributed by atoms with Gasteiger partial charge in [0, 0.05) is 34.0 Å². The van der Waals surface area contributed by atoms with Crippen molar-refractivity contribution in [2.75, 3.05) is 4.67 Å². The van der Waals surface area contributed by atoms with Gasteiger partial charge in [-0.2, -0.15) is 4.67 Å². The highest BCUT2D eigenvalue weighted by Crippen LogP contribution is 2.51. The summed E-state index contributed by atoms with van der Waals surface area (Å²) < 4.78 is 17.6. The Bertz CT molecular complexity index is 2520. The molecule has 0 fully saturated rings. The monoisotopic (exact) mass is 691 g/mol. The highest BCUT2D eigenvalue weighted by Gasteiger charge is 2.30. The molecule has 4 heteroatoms. The Morgan fingerprint density at radius 1 is 0.423 bits per heavy atom. The molecule has 2 atom stereocenters. The van der Waals surface area contributed by atoms with Crippen molar-refractivity contribution < 1.29 is 8.39 Å². The van der Waals surface area contributed by atoms with Gasteiger partial charge >= 0.3 is 8.16 Å². The maximum absolute atomic E-state index is 7.59. The van der Waals surface area contributed by atoms with Gasteiger partial charge in [0.15, 0.2) is 11.2 Å². The Labute approximate surface area is 305 Å². The van der Waals surface area contributed by atoms with E-state index in [1.54, 1.807) is 0 Å². The largest absolute Gasteiger partial charge is 0.407 e. The molecule has 1 aromatic heterocycles. The number of hydrogen-bond donors (Lipinski definition) is 0. The van der Waals surface area contributed by atoms with E-state index in [1.165, 1.54) is 11.1 Å². The molecule has 0 aliphatic heterocycles. The quantitative estimate of drug-likeness (QED) is 0.167. The molecule has 252 valence electrons. The van der Waals surface area contributed by atoms with Crippen LogP contribution in [-0.4, -0.2) is 0 Å². The zero-order chi connectivity index (χ0) is 35.0. The second-order valence-corrected chi connectivity index (χ2v) is 14.7. The molecule has 1 heterocycles.